The molecular weight excluding hydrogens is 356 g/mol. The molecular formula is C21H26N4O3. The van der Waals surface area contributed by atoms with Crippen LogP contribution in [0.3, 0.4) is 0 Å². The molecule has 28 heavy (non-hydrogen) atoms. The molecule has 0 atom stereocenters. The summed E-state index contributed by atoms with van der Waals surface area (Å²) in [6.07, 6.45) is 5.07. The zero-order valence-electron chi connectivity index (χ0n) is 16.5. The summed E-state index contributed by atoms with van der Waals surface area (Å²) in [7, 11) is 0. The molecule has 1 aliphatic heterocycles. The smallest absolute Gasteiger partial charge is 0.316 e. The van der Waals surface area contributed by atoms with Crippen LogP contribution in [0.2, 0.25) is 0 Å². The number of carbonyl (C=O) groups excluding carboxylic acids is 1. The summed E-state index contributed by atoms with van der Waals surface area (Å²) < 4.78 is 11.1. The van der Waals surface area contributed by atoms with Crippen LogP contribution in [-0.4, -0.2) is 47.1 Å². The van der Waals surface area contributed by atoms with Crippen LogP contribution < -0.4 is 5.32 Å². The predicted octanol–water partition coefficient (Wildman–Crippen LogP) is 3.71. The highest BCUT2D eigenvalue weighted by molar-refractivity contribution is 5.90. The number of nitrogens with zero attached hydrogens (tertiary/aromatic N) is 3. The van der Waals surface area contributed by atoms with Crippen molar-refractivity contribution in [1.29, 1.82) is 0 Å². The topological polar surface area (TPSA) is 84.4 Å². The van der Waals surface area contributed by atoms with Gasteiger partial charge in [0, 0.05) is 24.0 Å². The molecule has 1 aromatic carbocycles. The Labute approximate surface area is 164 Å². The molecule has 7 heteroatoms. The molecule has 3 aromatic rings. The fourth-order valence-corrected chi connectivity index (χ4v) is 3.72. The molecule has 2 aromatic heterocycles. The van der Waals surface area contributed by atoms with E-state index in [-0.39, 0.29) is 11.8 Å². The van der Waals surface area contributed by atoms with Crippen molar-refractivity contribution in [3.05, 3.63) is 35.2 Å². The van der Waals surface area contributed by atoms with Crippen LogP contribution in [0.5, 0.6) is 0 Å². The molecule has 4 rings (SSSR count). The van der Waals surface area contributed by atoms with Crippen molar-refractivity contribution in [1.82, 2.24) is 20.4 Å². The number of amides is 1. The van der Waals surface area contributed by atoms with Gasteiger partial charge in [0.15, 0.2) is 5.76 Å². The molecule has 1 aliphatic rings. The number of nitrogens with one attached hydrogen (secondary N) is 1. The van der Waals surface area contributed by atoms with Crippen LogP contribution in [0.4, 0.5) is 0 Å². The first-order valence-electron chi connectivity index (χ1n) is 9.96. The lowest BCUT2D eigenvalue weighted by Gasteiger charge is -2.19. The van der Waals surface area contributed by atoms with Crippen molar-refractivity contribution < 1.29 is 13.7 Å². The number of benzene rings is 1. The van der Waals surface area contributed by atoms with E-state index in [0.29, 0.717) is 18.1 Å². The summed E-state index contributed by atoms with van der Waals surface area (Å²) in [5.41, 5.74) is 2.86. The minimum Gasteiger partial charge on any atom is -0.452 e. The molecule has 3 heterocycles. The fraction of sp³-hybridized carbons (Fsp3) is 0.476. The van der Waals surface area contributed by atoms with E-state index in [9.17, 15) is 4.79 Å². The van der Waals surface area contributed by atoms with Crippen LogP contribution in [0.1, 0.15) is 47.5 Å². The molecule has 0 spiro atoms. The lowest BCUT2D eigenvalue weighted by molar-refractivity contribution is 0.0904. The van der Waals surface area contributed by atoms with E-state index in [1.54, 1.807) is 0 Å². The highest BCUT2D eigenvalue weighted by atomic mass is 16.5. The number of likely N-dealkylation sites (tertiary alicyclic amines) is 1. The second-order valence-electron chi connectivity index (χ2n) is 7.49. The van der Waals surface area contributed by atoms with E-state index < -0.39 is 0 Å². The van der Waals surface area contributed by atoms with Gasteiger partial charge in [-0.15, -0.1) is 0 Å². The summed E-state index contributed by atoms with van der Waals surface area (Å²) in [6, 6.07) is 5.99. The normalized spacial score (nSPS) is 15.6. The SMILES string of the molecule is Cc1ccc2oc(-c3noc(C(=O)NCCN4CCCCCC4)n3)c(C)c2c1. The van der Waals surface area contributed by atoms with Crippen LogP contribution in [-0.2, 0) is 0 Å². The van der Waals surface area contributed by atoms with Gasteiger partial charge in [0.1, 0.15) is 5.58 Å². The quantitative estimate of drug-likeness (QED) is 0.724. The second kappa shape index (κ2) is 8.14. The van der Waals surface area contributed by atoms with E-state index >= 15 is 0 Å². The Kier molecular flexibility index (Phi) is 5.43. The number of hydrogen-bond acceptors (Lipinski definition) is 6. The maximum absolute atomic E-state index is 12.3. The van der Waals surface area contributed by atoms with Crippen LogP contribution >= 0.6 is 0 Å². The Balaban J connectivity index is 1.41. The maximum atomic E-state index is 12.3. The minimum absolute atomic E-state index is 0.0399. The van der Waals surface area contributed by atoms with Gasteiger partial charge >= 0.3 is 11.8 Å². The summed E-state index contributed by atoms with van der Waals surface area (Å²) in [5, 5.41) is 7.83. The first-order chi connectivity index (χ1) is 13.6. The molecule has 0 aliphatic carbocycles. The Morgan fingerprint density at radius 1 is 1.18 bits per heavy atom. The third-order valence-corrected chi connectivity index (χ3v) is 5.33. The second-order valence-corrected chi connectivity index (χ2v) is 7.49. The predicted molar refractivity (Wildman–Crippen MR) is 106 cm³/mol. The number of carbonyl (C=O) groups is 1. The molecule has 1 N–H and O–H groups in total. The molecule has 0 radical (unpaired) electrons. The van der Waals surface area contributed by atoms with Gasteiger partial charge in [0.2, 0.25) is 5.82 Å². The molecule has 1 amide bonds. The Morgan fingerprint density at radius 2 is 1.96 bits per heavy atom. The van der Waals surface area contributed by atoms with Crippen molar-refractivity contribution in [3.63, 3.8) is 0 Å². The first-order valence-corrected chi connectivity index (χ1v) is 9.96. The van der Waals surface area contributed by atoms with Crippen molar-refractivity contribution in [2.45, 2.75) is 39.5 Å². The van der Waals surface area contributed by atoms with Gasteiger partial charge in [-0.3, -0.25) is 4.79 Å². The molecule has 0 saturated carbocycles. The van der Waals surface area contributed by atoms with Crippen molar-refractivity contribution in [3.8, 4) is 11.6 Å². The summed E-state index contributed by atoms with van der Waals surface area (Å²) in [5.74, 6) is 0.442. The van der Waals surface area contributed by atoms with Gasteiger partial charge in [-0.25, -0.2) is 0 Å². The number of rotatable bonds is 5. The van der Waals surface area contributed by atoms with Gasteiger partial charge in [-0.1, -0.05) is 29.6 Å². The lowest BCUT2D eigenvalue weighted by Crippen LogP contribution is -2.35. The van der Waals surface area contributed by atoms with Gasteiger partial charge in [0.25, 0.3) is 0 Å². The Bertz CT molecular complexity index is 967. The van der Waals surface area contributed by atoms with Crippen molar-refractivity contribution >= 4 is 16.9 Å². The zero-order valence-corrected chi connectivity index (χ0v) is 16.5. The third-order valence-electron chi connectivity index (χ3n) is 5.33. The van der Waals surface area contributed by atoms with E-state index in [4.69, 9.17) is 8.94 Å². The molecule has 1 fully saturated rings. The zero-order chi connectivity index (χ0) is 19.5. The van der Waals surface area contributed by atoms with Gasteiger partial charge < -0.3 is 19.2 Å². The van der Waals surface area contributed by atoms with Crippen molar-refractivity contribution in [2.24, 2.45) is 0 Å². The van der Waals surface area contributed by atoms with Gasteiger partial charge in [0.05, 0.1) is 0 Å². The van der Waals surface area contributed by atoms with E-state index in [0.717, 1.165) is 41.7 Å². The number of aryl methyl sites for hydroxylation is 2. The van der Waals surface area contributed by atoms with Crippen LogP contribution in [0, 0.1) is 13.8 Å². The summed E-state index contributed by atoms with van der Waals surface area (Å²) in [6.45, 7) is 7.61. The summed E-state index contributed by atoms with van der Waals surface area (Å²) >= 11 is 0. The van der Waals surface area contributed by atoms with Gasteiger partial charge in [-0.05, 0) is 51.9 Å². The molecule has 0 bridgehead atoms. The standard InChI is InChI=1S/C21H26N4O3/c1-14-7-8-17-16(13-14)15(2)18(27-17)19-23-21(28-24-19)20(26)22-9-12-25-10-5-3-4-6-11-25/h7-8,13H,3-6,9-12H2,1-2H3,(H,22,26). The van der Waals surface area contributed by atoms with E-state index in [2.05, 4.69) is 26.4 Å². The number of fused-ring (bicyclic) bond motifs is 1. The number of hydrogen-bond donors (Lipinski definition) is 1. The molecule has 1 saturated heterocycles. The average molecular weight is 382 g/mol. The number of furan rings is 1. The lowest BCUT2D eigenvalue weighted by atomic mass is 10.1. The average Bonchev–Trinajstić information content (AvgIpc) is 3.19. The van der Waals surface area contributed by atoms with Crippen molar-refractivity contribution in [2.75, 3.05) is 26.2 Å². The third kappa shape index (κ3) is 3.94. The first kappa shape index (κ1) is 18.7. The maximum Gasteiger partial charge on any atom is 0.316 e. The van der Waals surface area contributed by atoms with Gasteiger partial charge in [-0.2, -0.15) is 4.98 Å². The molecule has 0 unspecified atom stereocenters. The Morgan fingerprint density at radius 3 is 2.75 bits per heavy atom. The highest BCUT2D eigenvalue weighted by Gasteiger charge is 2.21. The Hall–Kier alpha value is -2.67. The largest absolute Gasteiger partial charge is 0.452 e. The van der Waals surface area contributed by atoms with E-state index in [1.807, 2.05) is 26.0 Å². The van der Waals surface area contributed by atoms with Crippen LogP contribution in [0.15, 0.2) is 27.1 Å². The van der Waals surface area contributed by atoms with Crippen LogP contribution in [0.25, 0.3) is 22.6 Å². The highest BCUT2D eigenvalue weighted by Crippen LogP contribution is 2.31. The molecule has 7 nitrogen and oxygen atoms in total. The fourth-order valence-electron chi connectivity index (χ4n) is 3.72. The minimum atomic E-state index is -0.349. The molecule has 148 valence electrons. The monoisotopic (exact) mass is 382 g/mol. The summed E-state index contributed by atoms with van der Waals surface area (Å²) in [4.78, 5) is 19.0. The number of aromatic nitrogens is 2. The van der Waals surface area contributed by atoms with E-state index in [1.165, 1.54) is 25.7 Å².